The predicted octanol–water partition coefficient (Wildman–Crippen LogP) is 2.53. The maximum absolute atomic E-state index is 12.2. The molecule has 1 aliphatic carbocycles. The molecule has 1 amide bonds. The molecule has 0 saturated carbocycles. The van der Waals surface area contributed by atoms with E-state index in [4.69, 9.17) is 0 Å². The zero-order valence-corrected chi connectivity index (χ0v) is 11.5. The molecule has 2 rings (SSSR count). The second-order valence-corrected chi connectivity index (χ2v) is 5.16. The summed E-state index contributed by atoms with van der Waals surface area (Å²) in [7, 11) is 0. The summed E-state index contributed by atoms with van der Waals surface area (Å²) in [6, 6.07) is 8.76. The predicted molar refractivity (Wildman–Crippen MR) is 76.0 cm³/mol. The summed E-state index contributed by atoms with van der Waals surface area (Å²) < 4.78 is 0. The Morgan fingerprint density at radius 2 is 1.80 bits per heavy atom. The van der Waals surface area contributed by atoms with Crippen molar-refractivity contribution >= 4 is 11.9 Å². The van der Waals surface area contributed by atoms with E-state index in [9.17, 15) is 14.7 Å². The molecular formula is C16H19NO3. The van der Waals surface area contributed by atoms with Gasteiger partial charge in [-0.25, -0.2) is 0 Å². The van der Waals surface area contributed by atoms with Gasteiger partial charge in [-0.2, -0.15) is 0 Å². The number of carboxylic acid groups (broad SMARTS) is 1. The van der Waals surface area contributed by atoms with Gasteiger partial charge in [0.05, 0.1) is 12.0 Å². The van der Waals surface area contributed by atoms with E-state index in [2.05, 4.69) is 5.32 Å². The number of benzene rings is 1. The van der Waals surface area contributed by atoms with E-state index in [1.54, 1.807) is 6.92 Å². The van der Waals surface area contributed by atoms with Crippen LogP contribution in [0.15, 0.2) is 42.5 Å². The Bertz CT molecular complexity index is 502. The second kappa shape index (κ2) is 6.37. The minimum absolute atomic E-state index is 0.0674. The summed E-state index contributed by atoms with van der Waals surface area (Å²) >= 11 is 0. The van der Waals surface area contributed by atoms with Crippen molar-refractivity contribution in [1.29, 1.82) is 0 Å². The number of carbonyl (C=O) groups excluding carboxylic acids is 1. The summed E-state index contributed by atoms with van der Waals surface area (Å²) in [5.41, 5.74) is 0.821. The first-order valence-corrected chi connectivity index (χ1v) is 6.82. The van der Waals surface area contributed by atoms with E-state index in [0.29, 0.717) is 0 Å². The highest BCUT2D eigenvalue weighted by Crippen LogP contribution is 2.25. The monoisotopic (exact) mass is 273 g/mol. The maximum Gasteiger partial charge on any atom is 0.308 e. The smallest absolute Gasteiger partial charge is 0.308 e. The Morgan fingerprint density at radius 3 is 2.35 bits per heavy atom. The van der Waals surface area contributed by atoms with Crippen LogP contribution in [0.2, 0.25) is 0 Å². The molecule has 1 aromatic rings. The second-order valence-electron chi connectivity index (χ2n) is 5.16. The van der Waals surface area contributed by atoms with Crippen molar-refractivity contribution < 1.29 is 14.7 Å². The molecule has 0 saturated heterocycles. The Hall–Kier alpha value is -2.10. The summed E-state index contributed by atoms with van der Waals surface area (Å²) in [6.45, 7) is 1.62. The summed E-state index contributed by atoms with van der Waals surface area (Å²) in [6.07, 6.45) is 5.44. The number of nitrogens with one attached hydrogen (secondary N) is 1. The molecule has 2 N–H and O–H groups in total. The van der Waals surface area contributed by atoms with Gasteiger partial charge >= 0.3 is 5.97 Å². The molecule has 1 aromatic carbocycles. The Balaban J connectivity index is 2.14. The van der Waals surface area contributed by atoms with Gasteiger partial charge in [0.1, 0.15) is 0 Å². The molecule has 4 heteroatoms. The van der Waals surface area contributed by atoms with Crippen molar-refractivity contribution in [2.75, 3.05) is 0 Å². The Labute approximate surface area is 118 Å². The van der Waals surface area contributed by atoms with Crippen LogP contribution in [0.4, 0.5) is 0 Å². The lowest BCUT2D eigenvalue weighted by atomic mass is 9.93. The molecule has 0 aliphatic heterocycles. The van der Waals surface area contributed by atoms with Gasteiger partial charge in [0, 0.05) is 5.92 Å². The van der Waals surface area contributed by atoms with Gasteiger partial charge < -0.3 is 10.4 Å². The van der Waals surface area contributed by atoms with Gasteiger partial charge in [-0.3, -0.25) is 9.59 Å². The number of carbonyl (C=O) groups is 2. The SMILES string of the molecule is C[C@@H](C(=O)O)[C@H](NC(=O)C1CC=CC1)c1ccccc1. The van der Waals surface area contributed by atoms with E-state index < -0.39 is 17.9 Å². The van der Waals surface area contributed by atoms with E-state index in [-0.39, 0.29) is 11.8 Å². The fraction of sp³-hybridized carbons (Fsp3) is 0.375. The van der Waals surface area contributed by atoms with Crippen molar-refractivity contribution in [3.05, 3.63) is 48.0 Å². The molecule has 0 fully saturated rings. The molecule has 0 bridgehead atoms. The first kappa shape index (κ1) is 14.3. The van der Waals surface area contributed by atoms with Gasteiger partial charge in [0.15, 0.2) is 0 Å². The zero-order valence-electron chi connectivity index (χ0n) is 11.5. The van der Waals surface area contributed by atoms with Crippen molar-refractivity contribution in [3.63, 3.8) is 0 Å². The van der Waals surface area contributed by atoms with E-state index >= 15 is 0 Å². The van der Waals surface area contributed by atoms with E-state index in [0.717, 1.165) is 18.4 Å². The largest absolute Gasteiger partial charge is 0.481 e. The molecule has 0 heterocycles. The highest BCUT2D eigenvalue weighted by Gasteiger charge is 2.29. The summed E-state index contributed by atoms with van der Waals surface area (Å²) in [5, 5.41) is 12.1. The van der Waals surface area contributed by atoms with Crippen LogP contribution in [-0.4, -0.2) is 17.0 Å². The number of allylic oxidation sites excluding steroid dienone is 2. The van der Waals surface area contributed by atoms with Gasteiger partial charge in [0.2, 0.25) is 5.91 Å². The lowest BCUT2D eigenvalue weighted by Gasteiger charge is -2.24. The first-order valence-electron chi connectivity index (χ1n) is 6.82. The number of hydrogen-bond donors (Lipinski definition) is 2. The molecule has 106 valence electrons. The van der Waals surface area contributed by atoms with Gasteiger partial charge in [0.25, 0.3) is 0 Å². The van der Waals surface area contributed by atoms with E-state index in [1.807, 2.05) is 42.5 Å². The molecule has 4 nitrogen and oxygen atoms in total. The van der Waals surface area contributed by atoms with Crippen LogP contribution in [-0.2, 0) is 9.59 Å². The molecule has 0 aromatic heterocycles. The van der Waals surface area contributed by atoms with Crippen LogP contribution >= 0.6 is 0 Å². The lowest BCUT2D eigenvalue weighted by Crippen LogP contribution is -2.38. The third-order valence-electron chi connectivity index (χ3n) is 3.72. The molecule has 0 radical (unpaired) electrons. The highest BCUT2D eigenvalue weighted by molar-refractivity contribution is 5.81. The number of carboxylic acids is 1. The molecular weight excluding hydrogens is 254 g/mol. The maximum atomic E-state index is 12.2. The molecule has 1 aliphatic rings. The van der Waals surface area contributed by atoms with Crippen LogP contribution in [0, 0.1) is 11.8 Å². The Morgan fingerprint density at radius 1 is 1.20 bits per heavy atom. The molecule has 0 spiro atoms. The summed E-state index contributed by atoms with van der Waals surface area (Å²) in [4.78, 5) is 23.5. The highest BCUT2D eigenvalue weighted by atomic mass is 16.4. The zero-order chi connectivity index (χ0) is 14.5. The third-order valence-corrected chi connectivity index (χ3v) is 3.72. The lowest BCUT2D eigenvalue weighted by molar-refractivity contribution is -0.142. The number of aliphatic carboxylic acids is 1. The van der Waals surface area contributed by atoms with Gasteiger partial charge in [-0.1, -0.05) is 42.5 Å². The summed E-state index contributed by atoms with van der Waals surface area (Å²) in [5.74, 6) is -1.72. The first-order chi connectivity index (χ1) is 9.59. The normalized spacial score (nSPS) is 17.6. The average Bonchev–Trinajstić information content (AvgIpc) is 2.99. The third kappa shape index (κ3) is 3.26. The number of hydrogen-bond acceptors (Lipinski definition) is 2. The van der Waals surface area contributed by atoms with Gasteiger partial charge in [-0.15, -0.1) is 0 Å². The molecule has 20 heavy (non-hydrogen) atoms. The topological polar surface area (TPSA) is 66.4 Å². The van der Waals surface area contributed by atoms with E-state index in [1.165, 1.54) is 0 Å². The van der Waals surface area contributed by atoms with Crippen molar-refractivity contribution in [3.8, 4) is 0 Å². The molecule has 2 atom stereocenters. The fourth-order valence-electron chi connectivity index (χ4n) is 2.40. The van der Waals surface area contributed by atoms with Crippen LogP contribution in [0.25, 0.3) is 0 Å². The number of amides is 1. The Kier molecular flexibility index (Phi) is 4.56. The fourth-order valence-corrected chi connectivity index (χ4v) is 2.40. The van der Waals surface area contributed by atoms with Crippen LogP contribution in [0.3, 0.4) is 0 Å². The minimum Gasteiger partial charge on any atom is -0.481 e. The number of rotatable bonds is 5. The van der Waals surface area contributed by atoms with Crippen LogP contribution < -0.4 is 5.32 Å². The van der Waals surface area contributed by atoms with Gasteiger partial charge in [-0.05, 0) is 25.3 Å². The standard InChI is InChI=1S/C16H19NO3/c1-11(16(19)20)14(12-7-3-2-4-8-12)17-15(18)13-9-5-6-10-13/h2-8,11,13-14H,9-10H2,1H3,(H,17,18)(H,19,20)/t11-,14+/m1/s1. The van der Waals surface area contributed by atoms with Crippen LogP contribution in [0.1, 0.15) is 31.4 Å². The van der Waals surface area contributed by atoms with Crippen molar-refractivity contribution in [1.82, 2.24) is 5.32 Å². The average molecular weight is 273 g/mol. The molecule has 0 unspecified atom stereocenters. The van der Waals surface area contributed by atoms with Crippen molar-refractivity contribution in [2.24, 2.45) is 11.8 Å². The van der Waals surface area contributed by atoms with Crippen molar-refractivity contribution in [2.45, 2.75) is 25.8 Å². The quantitative estimate of drug-likeness (QED) is 0.810. The van der Waals surface area contributed by atoms with Crippen LogP contribution in [0.5, 0.6) is 0 Å². The minimum atomic E-state index is -0.913.